The molecular formula is C15H21Cl. The van der Waals surface area contributed by atoms with Crippen molar-refractivity contribution >= 4 is 11.6 Å². The minimum atomic E-state index is 0.216. The molecule has 0 heterocycles. The van der Waals surface area contributed by atoms with E-state index in [1.54, 1.807) is 0 Å². The Morgan fingerprint density at radius 1 is 1.06 bits per heavy atom. The van der Waals surface area contributed by atoms with Gasteiger partial charge < -0.3 is 0 Å². The van der Waals surface area contributed by atoms with Gasteiger partial charge in [-0.25, -0.2) is 0 Å². The molecule has 0 aliphatic heterocycles. The molecule has 0 spiro atoms. The Balaban J connectivity index is 2.01. The van der Waals surface area contributed by atoms with Crippen LogP contribution in [0.15, 0.2) is 24.3 Å². The molecule has 0 amide bonds. The molecule has 1 aromatic rings. The minimum absolute atomic E-state index is 0.216. The molecule has 16 heavy (non-hydrogen) atoms. The van der Waals surface area contributed by atoms with E-state index in [0.717, 1.165) is 5.92 Å². The molecule has 1 unspecified atom stereocenters. The van der Waals surface area contributed by atoms with Crippen molar-refractivity contribution in [2.75, 3.05) is 0 Å². The van der Waals surface area contributed by atoms with Crippen LogP contribution < -0.4 is 0 Å². The van der Waals surface area contributed by atoms with Crippen molar-refractivity contribution in [1.82, 2.24) is 0 Å². The maximum Gasteiger partial charge on any atom is 0.0613 e. The van der Waals surface area contributed by atoms with Gasteiger partial charge in [0, 0.05) is 0 Å². The van der Waals surface area contributed by atoms with Crippen LogP contribution in [-0.4, -0.2) is 0 Å². The lowest BCUT2D eigenvalue weighted by atomic mass is 9.80. The number of benzene rings is 1. The third kappa shape index (κ3) is 2.79. The molecule has 1 aliphatic rings. The molecule has 2 rings (SSSR count). The van der Waals surface area contributed by atoms with E-state index in [9.17, 15) is 0 Å². The van der Waals surface area contributed by atoms with Crippen LogP contribution in [0.1, 0.15) is 49.1 Å². The van der Waals surface area contributed by atoms with Crippen LogP contribution >= 0.6 is 11.6 Å². The van der Waals surface area contributed by atoms with E-state index in [4.69, 9.17) is 11.6 Å². The first-order chi connectivity index (χ1) is 7.66. The van der Waals surface area contributed by atoms with Crippen molar-refractivity contribution in [1.29, 1.82) is 0 Å². The van der Waals surface area contributed by atoms with E-state index in [1.807, 2.05) is 0 Å². The highest BCUT2D eigenvalue weighted by atomic mass is 35.5. The van der Waals surface area contributed by atoms with E-state index in [0.29, 0.717) is 5.92 Å². The average molecular weight is 237 g/mol. The summed E-state index contributed by atoms with van der Waals surface area (Å²) in [6.45, 7) is 4.47. The zero-order chi connectivity index (χ0) is 11.5. The second kappa shape index (κ2) is 5.23. The van der Waals surface area contributed by atoms with Crippen LogP contribution in [0.3, 0.4) is 0 Å². The van der Waals surface area contributed by atoms with Gasteiger partial charge in [-0.15, -0.1) is 11.6 Å². The zero-order valence-electron chi connectivity index (χ0n) is 10.2. The minimum Gasteiger partial charge on any atom is -0.118 e. The van der Waals surface area contributed by atoms with Gasteiger partial charge in [-0.3, -0.25) is 0 Å². The summed E-state index contributed by atoms with van der Waals surface area (Å²) < 4.78 is 0. The second-order valence-corrected chi connectivity index (χ2v) is 5.80. The Morgan fingerprint density at radius 2 is 1.62 bits per heavy atom. The first-order valence-electron chi connectivity index (χ1n) is 6.37. The molecule has 1 saturated carbocycles. The third-order valence-corrected chi connectivity index (χ3v) is 4.48. The molecule has 0 radical (unpaired) electrons. The van der Waals surface area contributed by atoms with Crippen LogP contribution in [-0.2, 0) is 0 Å². The SMILES string of the molecule is Cc1ccc(C(Cl)C2CCC(C)CC2)cc1. The van der Waals surface area contributed by atoms with E-state index in [-0.39, 0.29) is 5.38 Å². The number of hydrogen-bond donors (Lipinski definition) is 0. The van der Waals surface area contributed by atoms with Crippen LogP contribution in [0.5, 0.6) is 0 Å². The van der Waals surface area contributed by atoms with Crippen LogP contribution in [0.25, 0.3) is 0 Å². The van der Waals surface area contributed by atoms with Gasteiger partial charge in [0.2, 0.25) is 0 Å². The quantitative estimate of drug-likeness (QED) is 0.627. The lowest BCUT2D eigenvalue weighted by Crippen LogP contribution is -2.16. The monoisotopic (exact) mass is 236 g/mol. The van der Waals surface area contributed by atoms with Gasteiger partial charge in [-0.1, -0.05) is 49.6 Å². The van der Waals surface area contributed by atoms with E-state index in [1.165, 1.54) is 36.8 Å². The number of hydrogen-bond acceptors (Lipinski definition) is 0. The average Bonchev–Trinajstić information content (AvgIpc) is 2.30. The summed E-state index contributed by atoms with van der Waals surface area (Å²) in [6.07, 6.45) is 5.28. The maximum atomic E-state index is 6.59. The summed E-state index contributed by atoms with van der Waals surface area (Å²) in [4.78, 5) is 0. The van der Waals surface area contributed by atoms with Crippen molar-refractivity contribution in [2.45, 2.75) is 44.9 Å². The van der Waals surface area contributed by atoms with Gasteiger partial charge in [-0.05, 0) is 37.2 Å². The molecule has 0 bridgehead atoms. The summed E-state index contributed by atoms with van der Waals surface area (Å²) >= 11 is 6.59. The van der Waals surface area contributed by atoms with E-state index >= 15 is 0 Å². The van der Waals surface area contributed by atoms with E-state index < -0.39 is 0 Å². The van der Waals surface area contributed by atoms with Crippen molar-refractivity contribution in [3.8, 4) is 0 Å². The topological polar surface area (TPSA) is 0 Å². The fourth-order valence-electron chi connectivity index (χ4n) is 2.60. The summed E-state index contributed by atoms with van der Waals surface area (Å²) in [5.41, 5.74) is 2.61. The molecule has 0 saturated heterocycles. The number of halogens is 1. The lowest BCUT2D eigenvalue weighted by Gasteiger charge is -2.29. The summed E-state index contributed by atoms with van der Waals surface area (Å²) in [5, 5.41) is 0.216. The molecule has 1 aromatic carbocycles. The first-order valence-corrected chi connectivity index (χ1v) is 6.81. The number of aryl methyl sites for hydroxylation is 1. The maximum absolute atomic E-state index is 6.59. The fraction of sp³-hybridized carbons (Fsp3) is 0.600. The largest absolute Gasteiger partial charge is 0.118 e. The molecule has 1 aliphatic carbocycles. The van der Waals surface area contributed by atoms with Gasteiger partial charge >= 0.3 is 0 Å². The molecule has 88 valence electrons. The fourth-order valence-corrected chi connectivity index (χ4v) is 3.00. The number of alkyl halides is 1. The van der Waals surface area contributed by atoms with Crippen LogP contribution in [0, 0.1) is 18.8 Å². The molecule has 1 heteroatoms. The Morgan fingerprint density at radius 3 is 2.19 bits per heavy atom. The molecule has 1 fully saturated rings. The van der Waals surface area contributed by atoms with Crippen molar-refractivity contribution in [3.63, 3.8) is 0 Å². The van der Waals surface area contributed by atoms with Crippen molar-refractivity contribution in [2.24, 2.45) is 11.8 Å². The Kier molecular flexibility index (Phi) is 3.91. The van der Waals surface area contributed by atoms with E-state index in [2.05, 4.69) is 38.1 Å². The van der Waals surface area contributed by atoms with Crippen molar-refractivity contribution < 1.29 is 0 Å². The Hall–Kier alpha value is -0.490. The summed E-state index contributed by atoms with van der Waals surface area (Å²) in [5.74, 6) is 1.58. The van der Waals surface area contributed by atoms with Gasteiger partial charge in [0.15, 0.2) is 0 Å². The Labute approximate surface area is 104 Å². The predicted molar refractivity (Wildman–Crippen MR) is 70.9 cm³/mol. The van der Waals surface area contributed by atoms with Crippen molar-refractivity contribution in [3.05, 3.63) is 35.4 Å². The zero-order valence-corrected chi connectivity index (χ0v) is 11.0. The van der Waals surface area contributed by atoms with Gasteiger partial charge in [0.25, 0.3) is 0 Å². The predicted octanol–water partition coefficient (Wildman–Crippen LogP) is 5.10. The lowest BCUT2D eigenvalue weighted by molar-refractivity contribution is 0.283. The number of rotatable bonds is 2. The molecule has 1 atom stereocenters. The Bertz CT molecular complexity index is 320. The normalized spacial score (nSPS) is 27.7. The molecule has 0 N–H and O–H groups in total. The highest BCUT2D eigenvalue weighted by Crippen LogP contribution is 2.40. The van der Waals surface area contributed by atoms with Gasteiger partial charge in [-0.2, -0.15) is 0 Å². The summed E-state index contributed by atoms with van der Waals surface area (Å²) in [6, 6.07) is 8.70. The smallest absolute Gasteiger partial charge is 0.0613 e. The molecule has 0 nitrogen and oxygen atoms in total. The molecule has 0 aromatic heterocycles. The first kappa shape index (κ1) is 12.0. The highest BCUT2D eigenvalue weighted by Gasteiger charge is 2.25. The van der Waals surface area contributed by atoms with Gasteiger partial charge in [0.1, 0.15) is 0 Å². The van der Waals surface area contributed by atoms with Crippen LogP contribution in [0.4, 0.5) is 0 Å². The third-order valence-electron chi connectivity index (χ3n) is 3.87. The highest BCUT2D eigenvalue weighted by molar-refractivity contribution is 6.21. The standard InChI is InChI=1S/C15H21Cl/c1-11-3-7-13(8-4-11)15(16)14-9-5-12(2)6-10-14/h3-4,7-8,12,14-15H,5-6,9-10H2,1-2H3. The van der Waals surface area contributed by atoms with Gasteiger partial charge in [0.05, 0.1) is 5.38 Å². The molecular weight excluding hydrogens is 216 g/mol. The van der Waals surface area contributed by atoms with Crippen LogP contribution in [0.2, 0.25) is 0 Å². The summed E-state index contributed by atoms with van der Waals surface area (Å²) in [7, 11) is 0. The second-order valence-electron chi connectivity index (χ2n) is 5.33.